The Labute approximate surface area is 95.7 Å². The minimum atomic E-state index is -4.44. The van der Waals surface area contributed by atoms with Crippen LogP contribution in [0.2, 0.25) is 0 Å². The van der Waals surface area contributed by atoms with E-state index in [4.69, 9.17) is 0 Å². The highest BCUT2D eigenvalue weighted by Crippen LogP contribution is 2.36. The lowest BCUT2D eigenvalue weighted by atomic mass is 9.98. The topological polar surface area (TPSA) is 26.3 Å². The van der Waals surface area contributed by atoms with Crippen molar-refractivity contribution < 1.29 is 22.7 Å². The number of hydrogen-bond donors (Lipinski definition) is 0. The number of aryl methyl sites for hydroxylation is 1. The zero-order valence-electron chi connectivity index (χ0n) is 8.97. The van der Waals surface area contributed by atoms with E-state index in [2.05, 4.69) is 4.74 Å². The highest BCUT2D eigenvalue weighted by molar-refractivity contribution is 5.96. The van der Waals surface area contributed by atoms with Crippen LogP contribution in [0, 0.1) is 6.92 Å². The molecule has 0 atom stereocenters. The molecule has 1 aliphatic heterocycles. The van der Waals surface area contributed by atoms with Gasteiger partial charge in [-0.2, -0.15) is 13.2 Å². The molecule has 0 saturated heterocycles. The first-order chi connectivity index (χ1) is 7.88. The maximum absolute atomic E-state index is 12.8. The van der Waals surface area contributed by atoms with Gasteiger partial charge in [0.25, 0.3) is 0 Å². The molecule has 17 heavy (non-hydrogen) atoms. The lowest BCUT2D eigenvalue weighted by Crippen LogP contribution is -2.09. The van der Waals surface area contributed by atoms with Gasteiger partial charge in [-0.3, -0.25) is 0 Å². The maximum Gasteiger partial charge on any atom is 0.417 e. The Kier molecular flexibility index (Phi) is 2.69. The van der Waals surface area contributed by atoms with Gasteiger partial charge in [0.05, 0.1) is 5.56 Å². The minimum Gasteiger partial charge on any atom is -0.458 e. The fraction of sp³-hybridized carbons (Fsp3) is 0.250. The number of rotatable bonds is 1. The molecule has 0 amide bonds. The summed E-state index contributed by atoms with van der Waals surface area (Å²) in [5.74, 6) is -0.603. The third-order valence-electron chi connectivity index (χ3n) is 2.49. The van der Waals surface area contributed by atoms with E-state index in [-0.39, 0.29) is 17.7 Å². The lowest BCUT2D eigenvalue weighted by molar-refractivity contribution is -0.137. The molecule has 0 fully saturated rings. The zero-order chi connectivity index (χ0) is 12.6. The van der Waals surface area contributed by atoms with E-state index in [1.807, 2.05) is 0 Å². The van der Waals surface area contributed by atoms with Gasteiger partial charge in [-0.05, 0) is 18.6 Å². The van der Waals surface area contributed by atoms with Crippen molar-refractivity contribution in [3.05, 3.63) is 41.0 Å². The first-order valence-electron chi connectivity index (χ1n) is 4.93. The van der Waals surface area contributed by atoms with Gasteiger partial charge in [0.15, 0.2) is 0 Å². The van der Waals surface area contributed by atoms with Crippen molar-refractivity contribution in [1.29, 1.82) is 0 Å². The van der Waals surface area contributed by atoms with E-state index in [0.29, 0.717) is 5.56 Å². The average Bonchev–Trinajstić information content (AvgIpc) is 2.63. The Balaban J connectivity index is 2.54. The van der Waals surface area contributed by atoms with Crippen molar-refractivity contribution in [2.45, 2.75) is 13.1 Å². The van der Waals surface area contributed by atoms with Crippen LogP contribution in [0.4, 0.5) is 13.2 Å². The normalized spacial score (nSPS) is 15.8. The summed E-state index contributed by atoms with van der Waals surface area (Å²) < 4.78 is 43.1. The highest BCUT2D eigenvalue weighted by Gasteiger charge is 2.35. The van der Waals surface area contributed by atoms with Crippen LogP contribution >= 0.6 is 0 Å². The van der Waals surface area contributed by atoms with E-state index in [9.17, 15) is 18.0 Å². The summed E-state index contributed by atoms with van der Waals surface area (Å²) in [5.41, 5.74) is 0.0604. The largest absolute Gasteiger partial charge is 0.458 e. The Morgan fingerprint density at radius 2 is 2.00 bits per heavy atom. The first kappa shape index (κ1) is 11.7. The number of alkyl halides is 3. The van der Waals surface area contributed by atoms with Gasteiger partial charge < -0.3 is 4.74 Å². The number of ether oxygens (including phenoxy) is 1. The van der Waals surface area contributed by atoms with Crippen LogP contribution in [0.1, 0.15) is 16.7 Å². The van der Waals surface area contributed by atoms with Crippen molar-refractivity contribution in [2.24, 2.45) is 0 Å². The smallest absolute Gasteiger partial charge is 0.417 e. The fourth-order valence-corrected chi connectivity index (χ4v) is 1.70. The first-order valence-corrected chi connectivity index (χ1v) is 4.93. The number of benzene rings is 1. The molecule has 1 aromatic rings. The second-order valence-electron chi connectivity index (χ2n) is 3.82. The molecule has 2 nitrogen and oxygen atoms in total. The quantitative estimate of drug-likeness (QED) is 0.708. The second kappa shape index (κ2) is 3.91. The molecule has 90 valence electrons. The van der Waals surface area contributed by atoms with Crippen molar-refractivity contribution in [3.63, 3.8) is 0 Å². The van der Waals surface area contributed by atoms with E-state index in [1.54, 1.807) is 13.0 Å². The van der Waals surface area contributed by atoms with Crippen LogP contribution in [-0.2, 0) is 15.7 Å². The fourth-order valence-electron chi connectivity index (χ4n) is 1.70. The van der Waals surface area contributed by atoms with Crippen LogP contribution in [0.3, 0.4) is 0 Å². The molecular weight excluding hydrogens is 233 g/mol. The molecule has 1 heterocycles. The Morgan fingerprint density at radius 3 is 2.53 bits per heavy atom. The van der Waals surface area contributed by atoms with Gasteiger partial charge in [-0.1, -0.05) is 17.7 Å². The summed E-state index contributed by atoms with van der Waals surface area (Å²) in [6, 6.07) is 4.01. The number of halogens is 3. The van der Waals surface area contributed by atoms with Crippen LogP contribution in [0.15, 0.2) is 24.3 Å². The Morgan fingerprint density at radius 1 is 1.29 bits per heavy atom. The van der Waals surface area contributed by atoms with Crippen LogP contribution in [0.25, 0.3) is 5.57 Å². The molecule has 0 aliphatic carbocycles. The van der Waals surface area contributed by atoms with Gasteiger partial charge in [0.2, 0.25) is 0 Å². The van der Waals surface area contributed by atoms with E-state index < -0.39 is 17.7 Å². The predicted octanol–water partition coefficient (Wildman–Crippen LogP) is 2.95. The molecule has 1 aliphatic rings. The maximum atomic E-state index is 12.8. The average molecular weight is 242 g/mol. The molecule has 0 N–H and O–H groups in total. The molecule has 0 unspecified atom stereocenters. The van der Waals surface area contributed by atoms with Gasteiger partial charge in [0, 0.05) is 11.6 Å². The standard InChI is InChI=1S/C12H9F3O2/c1-7-2-3-9(8-5-11(16)17-6-8)10(4-7)12(13,14)15/h2-5H,6H2,1H3. The third-order valence-corrected chi connectivity index (χ3v) is 2.49. The number of cyclic esters (lactones) is 1. The lowest BCUT2D eigenvalue weighted by Gasteiger charge is -2.13. The molecule has 1 aromatic carbocycles. The van der Waals surface area contributed by atoms with Gasteiger partial charge in [-0.15, -0.1) is 0 Å². The van der Waals surface area contributed by atoms with Crippen molar-refractivity contribution in [3.8, 4) is 0 Å². The summed E-state index contributed by atoms with van der Waals surface area (Å²) in [6.07, 6.45) is -3.34. The number of carbonyl (C=O) groups is 1. The van der Waals surface area contributed by atoms with E-state index in [1.165, 1.54) is 6.07 Å². The minimum absolute atomic E-state index is 0.00829. The second-order valence-corrected chi connectivity index (χ2v) is 3.82. The van der Waals surface area contributed by atoms with Crippen molar-refractivity contribution in [1.82, 2.24) is 0 Å². The summed E-state index contributed by atoms with van der Waals surface area (Å²) >= 11 is 0. The van der Waals surface area contributed by atoms with Crippen molar-refractivity contribution >= 4 is 11.5 Å². The molecular formula is C12H9F3O2. The summed E-state index contributed by atoms with van der Waals surface area (Å²) in [7, 11) is 0. The van der Waals surface area contributed by atoms with E-state index in [0.717, 1.165) is 12.1 Å². The SMILES string of the molecule is Cc1ccc(C2=CC(=O)OC2)c(C(F)(F)F)c1. The summed E-state index contributed by atoms with van der Waals surface area (Å²) in [4.78, 5) is 10.9. The Hall–Kier alpha value is -1.78. The number of esters is 1. The molecule has 0 bridgehead atoms. The summed E-state index contributed by atoms with van der Waals surface area (Å²) in [6.45, 7) is 1.48. The van der Waals surface area contributed by atoms with Crippen LogP contribution in [0.5, 0.6) is 0 Å². The monoisotopic (exact) mass is 242 g/mol. The molecule has 0 radical (unpaired) electrons. The van der Waals surface area contributed by atoms with Gasteiger partial charge in [-0.25, -0.2) is 4.79 Å². The molecule has 0 saturated carbocycles. The Bertz CT molecular complexity index is 501. The molecule has 0 aromatic heterocycles. The van der Waals surface area contributed by atoms with Crippen molar-refractivity contribution in [2.75, 3.05) is 6.61 Å². The van der Waals surface area contributed by atoms with Crippen LogP contribution < -0.4 is 0 Å². The third kappa shape index (κ3) is 2.33. The van der Waals surface area contributed by atoms with Gasteiger partial charge in [0.1, 0.15) is 6.61 Å². The van der Waals surface area contributed by atoms with Crippen LogP contribution in [-0.4, -0.2) is 12.6 Å². The molecule has 2 rings (SSSR count). The predicted molar refractivity (Wildman–Crippen MR) is 55.1 cm³/mol. The van der Waals surface area contributed by atoms with Gasteiger partial charge >= 0.3 is 12.1 Å². The number of hydrogen-bond acceptors (Lipinski definition) is 2. The molecule has 5 heteroatoms. The van der Waals surface area contributed by atoms with E-state index >= 15 is 0 Å². The molecule has 0 spiro atoms. The highest BCUT2D eigenvalue weighted by atomic mass is 19.4. The number of carbonyl (C=O) groups excluding carboxylic acids is 1. The summed E-state index contributed by atoms with van der Waals surface area (Å²) in [5, 5.41) is 0. The zero-order valence-corrected chi connectivity index (χ0v) is 8.97.